The second kappa shape index (κ2) is 12.4. The van der Waals surface area contributed by atoms with Crippen LogP contribution in [-0.4, -0.2) is 36.4 Å². The predicted molar refractivity (Wildman–Crippen MR) is 131 cm³/mol. The molecule has 0 radical (unpaired) electrons. The molecule has 0 saturated heterocycles. The molecule has 3 aromatic carbocycles. The molecule has 0 heterocycles. The van der Waals surface area contributed by atoms with Gasteiger partial charge in [-0.25, -0.2) is 0 Å². The Morgan fingerprint density at radius 2 is 1.39 bits per heavy atom. The lowest BCUT2D eigenvalue weighted by atomic mass is 10.1. The molecule has 5 nitrogen and oxygen atoms in total. The van der Waals surface area contributed by atoms with Gasteiger partial charge in [-0.1, -0.05) is 72.8 Å². The molecule has 0 spiro atoms. The molecule has 1 N–H and O–H groups in total. The van der Waals surface area contributed by atoms with Gasteiger partial charge >= 0.3 is 0 Å². The van der Waals surface area contributed by atoms with E-state index in [4.69, 9.17) is 4.74 Å². The van der Waals surface area contributed by atoms with Gasteiger partial charge < -0.3 is 15.0 Å². The van der Waals surface area contributed by atoms with Crippen LogP contribution in [-0.2, 0) is 29.0 Å². The van der Waals surface area contributed by atoms with E-state index in [0.717, 1.165) is 22.4 Å². The van der Waals surface area contributed by atoms with E-state index in [9.17, 15) is 9.59 Å². The monoisotopic (exact) mass is 444 g/mol. The van der Waals surface area contributed by atoms with E-state index in [-0.39, 0.29) is 11.8 Å². The van der Waals surface area contributed by atoms with Gasteiger partial charge in [0, 0.05) is 19.5 Å². The maximum absolute atomic E-state index is 13.2. The molecule has 2 amide bonds. The average molecular weight is 445 g/mol. The quantitative estimate of drug-likeness (QED) is 0.477. The molecule has 0 fully saturated rings. The lowest BCUT2D eigenvalue weighted by Gasteiger charge is -2.29. The number of methoxy groups -OCH3 is 1. The number of rotatable bonds is 11. The van der Waals surface area contributed by atoms with Crippen molar-refractivity contribution in [2.24, 2.45) is 0 Å². The van der Waals surface area contributed by atoms with Crippen LogP contribution in [0.4, 0.5) is 0 Å². The molecule has 0 unspecified atom stereocenters. The molecule has 5 heteroatoms. The standard InChI is InChI=1S/C28H32N2O3/c1-22(28(32)29-20-19-24-13-16-26(33-2)17-14-24)30(21-25-11-7-4-8-12-25)27(31)18-15-23-9-5-3-6-10-23/h3-14,16-17,22H,15,18-21H2,1-2H3,(H,29,32)/t22-/m0/s1. The first kappa shape index (κ1) is 24.1. The number of carbonyl (C=O) groups is 2. The van der Waals surface area contributed by atoms with Crippen LogP contribution in [0.5, 0.6) is 5.75 Å². The normalized spacial score (nSPS) is 11.5. The van der Waals surface area contributed by atoms with Gasteiger partial charge in [0.2, 0.25) is 11.8 Å². The summed E-state index contributed by atoms with van der Waals surface area (Å²) < 4.78 is 5.18. The molecule has 0 saturated carbocycles. The van der Waals surface area contributed by atoms with Crippen LogP contribution in [0.2, 0.25) is 0 Å². The van der Waals surface area contributed by atoms with Crippen LogP contribution in [0.15, 0.2) is 84.9 Å². The van der Waals surface area contributed by atoms with E-state index >= 15 is 0 Å². The van der Waals surface area contributed by atoms with Crippen molar-refractivity contribution < 1.29 is 14.3 Å². The van der Waals surface area contributed by atoms with E-state index in [2.05, 4.69) is 5.32 Å². The predicted octanol–water partition coefficient (Wildman–Crippen LogP) is 4.40. The average Bonchev–Trinajstić information content (AvgIpc) is 2.87. The Kier molecular flexibility index (Phi) is 9.07. The van der Waals surface area contributed by atoms with Gasteiger partial charge in [0.15, 0.2) is 0 Å². The minimum absolute atomic E-state index is 0.0273. The summed E-state index contributed by atoms with van der Waals surface area (Å²) >= 11 is 0. The van der Waals surface area contributed by atoms with Crippen molar-refractivity contribution in [3.05, 3.63) is 102 Å². The summed E-state index contributed by atoms with van der Waals surface area (Å²) in [7, 11) is 1.64. The molecule has 3 aromatic rings. The summed E-state index contributed by atoms with van der Waals surface area (Å²) in [6.07, 6.45) is 1.72. The molecular formula is C28H32N2O3. The summed E-state index contributed by atoms with van der Waals surface area (Å²) in [5.41, 5.74) is 3.23. The van der Waals surface area contributed by atoms with Crippen molar-refractivity contribution in [1.82, 2.24) is 10.2 Å². The lowest BCUT2D eigenvalue weighted by molar-refractivity contribution is -0.140. The van der Waals surface area contributed by atoms with Gasteiger partial charge in [-0.3, -0.25) is 9.59 Å². The Morgan fingerprint density at radius 1 is 0.818 bits per heavy atom. The Hall–Kier alpha value is -3.60. The smallest absolute Gasteiger partial charge is 0.242 e. The van der Waals surface area contributed by atoms with Crippen LogP contribution >= 0.6 is 0 Å². The topological polar surface area (TPSA) is 58.6 Å². The Labute approximate surface area is 196 Å². The number of hydrogen-bond donors (Lipinski definition) is 1. The number of nitrogens with one attached hydrogen (secondary N) is 1. The number of ether oxygens (including phenoxy) is 1. The molecule has 0 aliphatic rings. The van der Waals surface area contributed by atoms with Crippen LogP contribution in [0.1, 0.15) is 30.0 Å². The SMILES string of the molecule is COc1ccc(CCNC(=O)[C@H](C)N(Cc2ccccc2)C(=O)CCc2ccccc2)cc1. The molecular weight excluding hydrogens is 412 g/mol. The minimum Gasteiger partial charge on any atom is -0.497 e. The van der Waals surface area contributed by atoms with Crippen molar-refractivity contribution in [1.29, 1.82) is 0 Å². The Bertz CT molecular complexity index is 1000. The molecule has 0 aromatic heterocycles. The maximum Gasteiger partial charge on any atom is 0.242 e. The van der Waals surface area contributed by atoms with Gasteiger partial charge in [0.05, 0.1) is 7.11 Å². The zero-order valence-corrected chi connectivity index (χ0v) is 19.4. The van der Waals surface area contributed by atoms with Crippen LogP contribution in [0.25, 0.3) is 0 Å². The highest BCUT2D eigenvalue weighted by atomic mass is 16.5. The number of nitrogens with zero attached hydrogens (tertiary/aromatic N) is 1. The molecule has 0 bridgehead atoms. The van der Waals surface area contributed by atoms with Crippen molar-refractivity contribution in [2.75, 3.05) is 13.7 Å². The highest BCUT2D eigenvalue weighted by Gasteiger charge is 2.25. The van der Waals surface area contributed by atoms with Crippen LogP contribution < -0.4 is 10.1 Å². The van der Waals surface area contributed by atoms with E-state index in [1.165, 1.54) is 0 Å². The van der Waals surface area contributed by atoms with E-state index < -0.39 is 6.04 Å². The van der Waals surface area contributed by atoms with Crippen molar-refractivity contribution in [3.63, 3.8) is 0 Å². The van der Waals surface area contributed by atoms with E-state index in [0.29, 0.717) is 32.4 Å². The van der Waals surface area contributed by atoms with Gasteiger partial charge in [0.1, 0.15) is 11.8 Å². The Morgan fingerprint density at radius 3 is 2.00 bits per heavy atom. The maximum atomic E-state index is 13.2. The largest absolute Gasteiger partial charge is 0.497 e. The summed E-state index contributed by atoms with van der Waals surface area (Å²) in [5.74, 6) is 0.634. The first-order valence-electron chi connectivity index (χ1n) is 11.3. The molecule has 1 atom stereocenters. The van der Waals surface area contributed by atoms with Crippen molar-refractivity contribution in [2.45, 2.75) is 38.8 Å². The van der Waals surface area contributed by atoms with Gasteiger partial charge in [-0.15, -0.1) is 0 Å². The minimum atomic E-state index is -0.565. The van der Waals surface area contributed by atoms with Crippen LogP contribution in [0, 0.1) is 0 Å². The number of benzene rings is 3. The van der Waals surface area contributed by atoms with Crippen LogP contribution in [0.3, 0.4) is 0 Å². The zero-order chi connectivity index (χ0) is 23.5. The molecule has 0 aliphatic heterocycles. The second-order valence-electron chi connectivity index (χ2n) is 8.06. The molecule has 33 heavy (non-hydrogen) atoms. The molecule has 172 valence electrons. The third-order valence-corrected chi connectivity index (χ3v) is 5.71. The highest BCUT2D eigenvalue weighted by Crippen LogP contribution is 2.14. The zero-order valence-electron chi connectivity index (χ0n) is 19.4. The summed E-state index contributed by atoms with van der Waals surface area (Å²) in [5, 5.41) is 2.99. The van der Waals surface area contributed by atoms with E-state index in [1.54, 1.807) is 18.9 Å². The third kappa shape index (κ3) is 7.49. The van der Waals surface area contributed by atoms with E-state index in [1.807, 2.05) is 84.9 Å². The third-order valence-electron chi connectivity index (χ3n) is 5.71. The van der Waals surface area contributed by atoms with Gasteiger partial charge in [-0.2, -0.15) is 0 Å². The lowest BCUT2D eigenvalue weighted by Crippen LogP contribution is -2.48. The number of amides is 2. The Balaban J connectivity index is 1.60. The summed E-state index contributed by atoms with van der Waals surface area (Å²) in [4.78, 5) is 27.8. The first-order valence-corrected chi connectivity index (χ1v) is 11.3. The summed E-state index contributed by atoms with van der Waals surface area (Å²) in [6, 6.07) is 27.0. The number of aryl methyl sites for hydroxylation is 1. The second-order valence-corrected chi connectivity index (χ2v) is 8.06. The molecule has 0 aliphatic carbocycles. The molecule has 3 rings (SSSR count). The van der Waals surface area contributed by atoms with Crippen molar-refractivity contribution >= 4 is 11.8 Å². The van der Waals surface area contributed by atoms with Crippen molar-refractivity contribution in [3.8, 4) is 5.75 Å². The first-order chi connectivity index (χ1) is 16.1. The fourth-order valence-electron chi connectivity index (χ4n) is 3.67. The fraction of sp³-hybridized carbons (Fsp3) is 0.286. The van der Waals surface area contributed by atoms with Gasteiger partial charge in [0.25, 0.3) is 0 Å². The summed E-state index contributed by atoms with van der Waals surface area (Å²) in [6.45, 7) is 2.71. The fourth-order valence-corrected chi connectivity index (χ4v) is 3.67. The number of carbonyl (C=O) groups excluding carboxylic acids is 2. The highest BCUT2D eigenvalue weighted by molar-refractivity contribution is 5.87. The number of hydrogen-bond acceptors (Lipinski definition) is 3. The van der Waals surface area contributed by atoms with Gasteiger partial charge in [-0.05, 0) is 48.6 Å².